The summed E-state index contributed by atoms with van der Waals surface area (Å²) in [5, 5.41) is 12.2. The monoisotopic (exact) mass is 400 g/mol. The van der Waals surface area contributed by atoms with E-state index in [0.717, 1.165) is 16.9 Å². The molecule has 2 aromatic rings. The molecule has 0 saturated carbocycles. The molecule has 0 atom stereocenters. The molecule has 2 rings (SSSR count). The molecule has 0 spiro atoms. The van der Waals surface area contributed by atoms with Gasteiger partial charge in [-0.05, 0) is 24.6 Å². The molecule has 8 heteroatoms. The number of benzene rings is 1. The summed E-state index contributed by atoms with van der Waals surface area (Å²) in [7, 11) is 0. The Morgan fingerprint density at radius 2 is 2.15 bits per heavy atom. The first kappa shape index (κ1) is 20.4. The topological polar surface area (TPSA) is 86.1 Å². The highest BCUT2D eigenvalue weighted by molar-refractivity contribution is 7.17. The number of halogens is 1. The van der Waals surface area contributed by atoms with E-state index in [9.17, 15) is 14.9 Å². The van der Waals surface area contributed by atoms with E-state index in [1.807, 2.05) is 37.3 Å². The second-order valence-electron chi connectivity index (χ2n) is 5.46. The lowest BCUT2D eigenvalue weighted by Gasteiger charge is -2.19. The van der Waals surface area contributed by atoms with E-state index in [1.54, 1.807) is 0 Å². The molecule has 0 aliphatic carbocycles. The Kier molecular flexibility index (Phi) is 6.88. The maximum Gasteiger partial charge on any atom is 0.262 e. The molecule has 1 N–H and O–H groups in total. The van der Waals surface area contributed by atoms with Crippen LogP contribution in [0.1, 0.15) is 17.4 Å². The summed E-state index contributed by atoms with van der Waals surface area (Å²) in [6.07, 6.45) is 2.87. The maximum absolute atomic E-state index is 12.2. The van der Waals surface area contributed by atoms with Crippen molar-refractivity contribution >= 4 is 51.6 Å². The molecule has 0 bridgehead atoms. The highest BCUT2D eigenvalue weighted by Gasteiger charge is 2.22. The van der Waals surface area contributed by atoms with E-state index in [-0.39, 0.29) is 23.2 Å². The minimum atomic E-state index is -0.536. The van der Waals surface area contributed by atoms with Crippen LogP contribution < -0.4 is 10.2 Å². The quantitative estimate of drug-likeness (QED) is 0.451. The van der Waals surface area contributed by atoms with Crippen molar-refractivity contribution in [3.05, 3.63) is 58.1 Å². The fraction of sp³-hybridized carbons (Fsp3) is 0.158. The van der Waals surface area contributed by atoms with Crippen LogP contribution in [0, 0.1) is 18.3 Å². The van der Waals surface area contributed by atoms with Crippen molar-refractivity contribution in [2.24, 2.45) is 0 Å². The number of hydrogen-bond donors (Lipinski definition) is 1. The van der Waals surface area contributed by atoms with Gasteiger partial charge < -0.3 is 5.32 Å². The number of amides is 2. The SMILES string of the molecule is C=CCNC(=O)C(C#N)=Cc1sc(N(C(C)=O)c2ccccc2C)nc1Cl. The Bertz CT molecular complexity index is 959. The van der Waals surface area contributed by atoms with Crippen LogP contribution in [0.15, 0.2) is 42.5 Å². The van der Waals surface area contributed by atoms with Crippen molar-refractivity contribution in [1.29, 1.82) is 5.26 Å². The number of nitrogens with one attached hydrogen (secondary N) is 1. The third-order valence-electron chi connectivity index (χ3n) is 3.51. The van der Waals surface area contributed by atoms with Gasteiger partial charge in [0.25, 0.3) is 5.91 Å². The smallest absolute Gasteiger partial charge is 0.262 e. The van der Waals surface area contributed by atoms with E-state index in [0.29, 0.717) is 15.7 Å². The van der Waals surface area contributed by atoms with Crippen molar-refractivity contribution in [1.82, 2.24) is 10.3 Å². The van der Waals surface area contributed by atoms with Crippen molar-refractivity contribution in [2.75, 3.05) is 11.4 Å². The molecule has 1 aromatic carbocycles. The third kappa shape index (κ3) is 4.82. The van der Waals surface area contributed by atoms with Crippen LogP contribution in [-0.2, 0) is 9.59 Å². The summed E-state index contributed by atoms with van der Waals surface area (Å²) in [5.74, 6) is -0.764. The predicted octanol–water partition coefficient (Wildman–Crippen LogP) is 4.00. The fourth-order valence-corrected chi connectivity index (χ4v) is 3.51. The minimum Gasteiger partial charge on any atom is -0.348 e. The number of aryl methyl sites for hydroxylation is 1. The highest BCUT2D eigenvalue weighted by atomic mass is 35.5. The molecular weight excluding hydrogens is 384 g/mol. The highest BCUT2D eigenvalue weighted by Crippen LogP contribution is 2.36. The Labute approximate surface area is 166 Å². The largest absolute Gasteiger partial charge is 0.348 e. The molecule has 27 heavy (non-hydrogen) atoms. The van der Waals surface area contributed by atoms with Gasteiger partial charge >= 0.3 is 0 Å². The lowest BCUT2D eigenvalue weighted by molar-refractivity contribution is -0.117. The van der Waals surface area contributed by atoms with Gasteiger partial charge in [0.15, 0.2) is 5.13 Å². The third-order valence-corrected chi connectivity index (χ3v) is 4.90. The lowest BCUT2D eigenvalue weighted by Crippen LogP contribution is -2.24. The standard InChI is InChI=1S/C19H17ClN4O2S/c1-4-9-22-18(26)14(11-21)10-16-17(20)23-19(27-16)24(13(3)25)15-8-6-5-7-12(15)2/h4-8,10H,1,9H2,2-3H3,(H,22,26). The van der Waals surface area contributed by atoms with Crippen molar-refractivity contribution < 1.29 is 9.59 Å². The van der Waals surface area contributed by atoms with E-state index in [2.05, 4.69) is 16.9 Å². The second kappa shape index (κ2) is 9.12. The molecule has 0 saturated heterocycles. The second-order valence-corrected chi connectivity index (χ2v) is 6.83. The molecule has 0 radical (unpaired) electrons. The van der Waals surface area contributed by atoms with Crippen molar-refractivity contribution in [2.45, 2.75) is 13.8 Å². The summed E-state index contributed by atoms with van der Waals surface area (Å²) >= 11 is 7.31. The fourth-order valence-electron chi connectivity index (χ4n) is 2.25. The van der Waals surface area contributed by atoms with Crippen LogP contribution in [0.4, 0.5) is 10.8 Å². The molecule has 0 aliphatic heterocycles. The van der Waals surface area contributed by atoms with Gasteiger partial charge in [-0.15, -0.1) is 6.58 Å². The number of hydrogen-bond acceptors (Lipinski definition) is 5. The zero-order chi connectivity index (χ0) is 20.0. The molecule has 2 amide bonds. The van der Waals surface area contributed by atoms with Crippen LogP contribution in [-0.4, -0.2) is 23.3 Å². The maximum atomic E-state index is 12.2. The van der Waals surface area contributed by atoms with Gasteiger partial charge in [0, 0.05) is 13.5 Å². The average molecular weight is 401 g/mol. The summed E-state index contributed by atoms with van der Waals surface area (Å²) in [6, 6.07) is 9.24. The summed E-state index contributed by atoms with van der Waals surface area (Å²) in [5.41, 5.74) is 1.48. The number of aromatic nitrogens is 1. The molecule has 0 aliphatic rings. The summed E-state index contributed by atoms with van der Waals surface area (Å²) in [6.45, 7) is 7.07. The molecule has 0 fully saturated rings. The van der Waals surface area contributed by atoms with Crippen LogP contribution in [0.5, 0.6) is 0 Å². The number of thiazole rings is 1. The van der Waals surface area contributed by atoms with Crippen molar-refractivity contribution in [3.8, 4) is 6.07 Å². The number of carbonyl (C=O) groups is 2. The summed E-state index contributed by atoms with van der Waals surface area (Å²) < 4.78 is 0. The molecule has 1 aromatic heterocycles. The Balaban J connectivity index is 2.44. The van der Waals surface area contributed by atoms with Crippen LogP contribution in [0.25, 0.3) is 6.08 Å². The predicted molar refractivity (Wildman–Crippen MR) is 108 cm³/mol. The van der Waals surface area contributed by atoms with E-state index < -0.39 is 5.91 Å². The molecule has 138 valence electrons. The minimum absolute atomic E-state index is 0.110. The van der Waals surface area contributed by atoms with Crippen LogP contribution >= 0.6 is 22.9 Å². The number of carbonyl (C=O) groups excluding carboxylic acids is 2. The van der Waals surface area contributed by atoms with Gasteiger partial charge in [-0.25, -0.2) is 4.98 Å². The zero-order valence-electron chi connectivity index (χ0n) is 14.8. The number of nitriles is 1. The van der Waals surface area contributed by atoms with E-state index in [4.69, 9.17) is 11.6 Å². The van der Waals surface area contributed by atoms with Gasteiger partial charge in [0.2, 0.25) is 5.91 Å². The first-order valence-corrected chi connectivity index (χ1v) is 9.12. The van der Waals surface area contributed by atoms with Crippen LogP contribution in [0.2, 0.25) is 5.15 Å². The van der Waals surface area contributed by atoms with Gasteiger partial charge in [0.05, 0.1) is 10.6 Å². The normalized spacial score (nSPS) is 10.8. The Morgan fingerprint density at radius 3 is 2.74 bits per heavy atom. The number of rotatable bonds is 6. The summed E-state index contributed by atoms with van der Waals surface area (Å²) in [4.78, 5) is 30.3. The number of para-hydroxylation sites is 1. The number of nitrogens with zero attached hydrogens (tertiary/aromatic N) is 3. The Morgan fingerprint density at radius 1 is 1.44 bits per heavy atom. The Hall–Kier alpha value is -2.95. The van der Waals surface area contributed by atoms with Crippen LogP contribution in [0.3, 0.4) is 0 Å². The lowest BCUT2D eigenvalue weighted by atomic mass is 10.2. The molecular formula is C19H17ClN4O2S. The average Bonchev–Trinajstić information content (AvgIpc) is 2.99. The first-order chi connectivity index (χ1) is 12.9. The van der Waals surface area contributed by atoms with E-state index >= 15 is 0 Å². The van der Waals surface area contributed by atoms with E-state index in [1.165, 1.54) is 24.0 Å². The van der Waals surface area contributed by atoms with Crippen molar-refractivity contribution in [3.63, 3.8) is 0 Å². The molecule has 6 nitrogen and oxygen atoms in total. The van der Waals surface area contributed by atoms with Gasteiger partial charge in [-0.1, -0.05) is 47.2 Å². The molecule has 0 unspecified atom stereocenters. The van der Waals surface area contributed by atoms with Gasteiger partial charge in [-0.3, -0.25) is 14.5 Å². The van der Waals surface area contributed by atoms with Gasteiger partial charge in [0.1, 0.15) is 16.8 Å². The number of anilines is 2. The molecule has 1 heterocycles. The van der Waals surface area contributed by atoms with Gasteiger partial charge in [-0.2, -0.15) is 5.26 Å². The zero-order valence-corrected chi connectivity index (χ0v) is 16.4. The first-order valence-electron chi connectivity index (χ1n) is 7.92.